The smallest absolute Gasteiger partial charge is 0.255 e. The third-order valence-electron chi connectivity index (χ3n) is 4.59. The number of thioether (sulfide) groups is 1. The molecule has 0 aliphatic carbocycles. The normalized spacial score (nSPS) is 10.6. The number of rotatable bonds is 9. The second-order valence-electron chi connectivity index (χ2n) is 6.96. The zero-order valence-electron chi connectivity index (χ0n) is 17.3. The minimum atomic E-state index is -0.274. The van der Waals surface area contributed by atoms with Crippen LogP contribution in [0.5, 0.6) is 0 Å². The van der Waals surface area contributed by atoms with Crippen LogP contribution in [0.4, 0.5) is 15.2 Å². The average molecular weight is 479 g/mol. The molecule has 4 rings (SSSR count). The number of halogens is 1. The van der Waals surface area contributed by atoms with E-state index in [-0.39, 0.29) is 23.3 Å². The summed E-state index contributed by atoms with van der Waals surface area (Å²) in [5.74, 6) is -0.297. The molecule has 1 amide bonds. The summed E-state index contributed by atoms with van der Waals surface area (Å²) in [5.41, 5.74) is 2.67. The SMILES string of the molecule is O=C(CSc1nnc(NCc2ccc(F)cc2)s1)c1ccc(NC(=O)c2ccccc2)cc1. The third kappa shape index (κ3) is 6.47. The van der Waals surface area contributed by atoms with Gasteiger partial charge in [0, 0.05) is 23.4 Å². The Kier molecular flexibility index (Phi) is 7.43. The summed E-state index contributed by atoms with van der Waals surface area (Å²) in [5, 5.41) is 14.8. The van der Waals surface area contributed by atoms with E-state index in [1.165, 1.54) is 35.2 Å². The summed E-state index contributed by atoms with van der Waals surface area (Å²) in [6.07, 6.45) is 0. The lowest BCUT2D eigenvalue weighted by Gasteiger charge is -2.06. The first kappa shape index (κ1) is 22.6. The molecule has 0 spiro atoms. The van der Waals surface area contributed by atoms with E-state index in [0.717, 1.165) is 5.56 Å². The van der Waals surface area contributed by atoms with Crippen molar-refractivity contribution in [1.82, 2.24) is 10.2 Å². The van der Waals surface area contributed by atoms with Crippen LogP contribution in [0.15, 0.2) is 83.2 Å². The number of hydrogen-bond donors (Lipinski definition) is 2. The molecule has 166 valence electrons. The fraction of sp³-hybridized carbons (Fsp3) is 0.0833. The molecule has 0 fully saturated rings. The summed E-state index contributed by atoms with van der Waals surface area (Å²) in [7, 11) is 0. The fourth-order valence-corrected chi connectivity index (χ4v) is 4.50. The Hall–Kier alpha value is -3.56. The Labute approximate surface area is 198 Å². The molecule has 1 heterocycles. The van der Waals surface area contributed by atoms with Crippen LogP contribution in [0.2, 0.25) is 0 Å². The van der Waals surface area contributed by atoms with Crippen LogP contribution >= 0.6 is 23.1 Å². The van der Waals surface area contributed by atoms with Crippen LogP contribution < -0.4 is 10.6 Å². The van der Waals surface area contributed by atoms with Gasteiger partial charge in [-0.05, 0) is 54.1 Å². The number of carbonyl (C=O) groups excluding carboxylic acids is 2. The van der Waals surface area contributed by atoms with Crippen LogP contribution in [0, 0.1) is 5.82 Å². The molecule has 0 saturated carbocycles. The van der Waals surface area contributed by atoms with Gasteiger partial charge in [0.15, 0.2) is 10.1 Å². The fourth-order valence-electron chi connectivity index (χ4n) is 2.86. The van der Waals surface area contributed by atoms with E-state index >= 15 is 0 Å². The van der Waals surface area contributed by atoms with Crippen LogP contribution in [0.3, 0.4) is 0 Å². The summed E-state index contributed by atoms with van der Waals surface area (Å²) in [6, 6.07) is 22.0. The largest absolute Gasteiger partial charge is 0.356 e. The van der Waals surface area contributed by atoms with Crippen molar-refractivity contribution in [3.8, 4) is 0 Å². The zero-order chi connectivity index (χ0) is 23.0. The highest BCUT2D eigenvalue weighted by atomic mass is 32.2. The van der Waals surface area contributed by atoms with Crippen LogP contribution in [-0.2, 0) is 6.54 Å². The van der Waals surface area contributed by atoms with Gasteiger partial charge in [-0.2, -0.15) is 0 Å². The maximum absolute atomic E-state index is 13.0. The van der Waals surface area contributed by atoms with Crippen molar-refractivity contribution in [3.63, 3.8) is 0 Å². The van der Waals surface area contributed by atoms with E-state index in [0.29, 0.717) is 32.8 Å². The minimum absolute atomic E-state index is 0.0445. The molecule has 0 bridgehead atoms. The van der Waals surface area contributed by atoms with E-state index in [9.17, 15) is 14.0 Å². The van der Waals surface area contributed by atoms with Gasteiger partial charge in [-0.15, -0.1) is 10.2 Å². The Balaban J connectivity index is 1.25. The molecule has 9 heteroatoms. The van der Waals surface area contributed by atoms with Crippen LogP contribution in [0.25, 0.3) is 0 Å². The van der Waals surface area contributed by atoms with Crippen molar-refractivity contribution in [2.75, 3.05) is 16.4 Å². The number of nitrogens with one attached hydrogen (secondary N) is 2. The highest BCUT2D eigenvalue weighted by Crippen LogP contribution is 2.26. The van der Waals surface area contributed by atoms with Gasteiger partial charge >= 0.3 is 0 Å². The number of carbonyl (C=O) groups is 2. The monoisotopic (exact) mass is 478 g/mol. The van der Waals surface area contributed by atoms with Crippen molar-refractivity contribution < 1.29 is 14.0 Å². The minimum Gasteiger partial charge on any atom is -0.356 e. The van der Waals surface area contributed by atoms with Gasteiger partial charge in [0.25, 0.3) is 5.91 Å². The number of amides is 1. The summed E-state index contributed by atoms with van der Waals surface area (Å²) < 4.78 is 13.6. The molecule has 6 nitrogen and oxygen atoms in total. The third-order valence-corrected chi connectivity index (χ3v) is 6.61. The standard InChI is InChI=1S/C24H19FN4O2S2/c25-19-10-6-16(7-11-19)14-26-23-28-29-24(33-23)32-15-21(30)17-8-12-20(13-9-17)27-22(31)18-4-2-1-3-5-18/h1-13H,14-15H2,(H,26,28)(H,27,31). The molecule has 0 atom stereocenters. The molecule has 0 saturated heterocycles. The van der Waals surface area contributed by atoms with Crippen molar-refractivity contribution in [3.05, 3.63) is 101 Å². The second-order valence-corrected chi connectivity index (χ2v) is 9.16. The van der Waals surface area contributed by atoms with Gasteiger partial charge in [0.2, 0.25) is 5.13 Å². The first-order chi connectivity index (χ1) is 16.1. The Morgan fingerprint density at radius 2 is 1.61 bits per heavy atom. The van der Waals surface area contributed by atoms with Gasteiger partial charge in [0.1, 0.15) is 5.82 Å². The highest BCUT2D eigenvalue weighted by Gasteiger charge is 2.11. The Bertz CT molecular complexity index is 1230. The van der Waals surface area contributed by atoms with E-state index in [2.05, 4.69) is 20.8 Å². The molecule has 4 aromatic rings. The maximum atomic E-state index is 13.0. The molecule has 0 aliphatic heterocycles. The van der Waals surface area contributed by atoms with Gasteiger partial charge in [-0.25, -0.2) is 4.39 Å². The number of nitrogens with zero attached hydrogens (tertiary/aromatic N) is 2. The lowest BCUT2D eigenvalue weighted by molar-refractivity contribution is 0.101. The molecule has 2 N–H and O–H groups in total. The van der Waals surface area contributed by atoms with E-state index < -0.39 is 0 Å². The van der Waals surface area contributed by atoms with Crippen molar-refractivity contribution in [2.45, 2.75) is 10.9 Å². The molecule has 3 aromatic carbocycles. The van der Waals surface area contributed by atoms with Gasteiger partial charge in [0.05, 0.1) is 5.75 Å². The van der Waals surface area contributed by atoms with Crippen molar-refractivity contribution in [1.29, 1.82) is 0 Å². The summed E-state index contributed by atoms with van der Waals surface area (Å²) in [4.78, 5) is 24.7. The molecular weight excluding hydrogens is 459 g/mol. The molecule has 0 radical (unpaired) electrons. The molecular formula is C24H19FN4O2S2. The maximum Gasteiger partial charge on any atom is 0.255 e. The number of ketones is 1. The number of benzene rings is 3. The zero-order valence-corrected chi connectivity index (χ0v) is 19.0. The average Bonchev–Trinajstić information content (AvgIpc) is 3.31. The van der Waals surface area contributed by atoms with E-state index in [1.54, 1.807) is 60.7 Å². The number of aromatic nitrogens is 2. The lowest BCUT2D eigenvalue weighted by atomic mass is 10.1. The Morgan fingerprint density at radius 1 is 0.879 bits per heavy atom. The topological polar surface area (TPSA) is 84.0 Å². The van der Waals surface area contributed by atoms with Crippen LogP contribution in [-0.4, -0.2) is 27.6 Å². The molecule has 33 heavy (non-hydrogen) atoms. The first-order valence-corrected chi connectivity index (χ1v) is 11.8. The molecule has 0 aliphatic rings. The van der Waals surface area contributed by atoms with Gasteiger partial charge in [-0.1, -0.05) is 53.4 Å². The number of anilines is 2. The highest BCUT2D eigenvalue weighted by molar-refractivity contribution is 8.01. The predicted molar refractivity (Wildman–Crippen MR) is 130 cm³/mol. The number of hydrogen-bond acceptors (Lipinski definition) is 7. The molecule has 1 aromatic heterocycles. The van der Waals surface area contributed by atoms with Crippen LogP contribution in [0.1, 0.15) is 26.3 Å². The van der Waals surface area contributed by atoms with Gasteiger partial charge < -0.3 is 10.6 Å². The van der Waals surface area contributed by atoms with Crippen molar-refractivity contribution >= 4 is 45.6 Å². The Morgan fingerprint density at radius 3 is 2.33 bits per heavy atom. The number of Topliss-reactive ketones (excluding diaryl/α,β-unsaturated/α-hetero) is 1. The quantitative estimate of drug-likeness (QED) is 0.244. The van der Waals surface area contributed by atoms with E-state index in [4.69, 9.17) is 0 Å². The summed E-state index contributed by atoms with van der Waals surface area (Å²) in [6.45, 7) is 0.506. The first-order valence-electron chi connectivity index (χ1n) is 10.0. The summed E-state index contributed by atoms with van der Waals surface area (Å²) >= 11 is 2.67. The van der Waals surface area contributed by atoms with E-state index in [1.807, 2.05) is 6.07 Å². The lowest BCUT2D eigenvalue weighted by Crippen LogP contribution is -2.11. The second kappa shape index (κ2) is 10.8. The predicted octanol–water partition coefficient (Wildman–Crippen LogP) is 5.52. The molecule has 0 unspecified atom stereocenters. The van der Waals surface area contributed by atoms with Crippen molar-refractivity contribution in [2.24, 2.45) is 0 Å². The van der Waals surface area contributed by atoms with Gasteiger partial charge in [-0.3, -0.25) is 9.59 Å².